The minimum Gasteiger partial charge on any atom is -0.370 e. The summed E-state index contributed by atoms with van der Waals surface area (Å²) in [6.07, 6.45) is 4.38. The molecule has 0 amide bonds. The van der Waals surface area contributed by atoms with Crippen LogP contribution in [-0.2, 0) is 13.0 Å². The van der Waals surface area contributed by atoms with E-state index in [-0.39, 0.29) is 0 Å². The number of rotatable bonds is 11. The van der Waals surface area contributed by atoms with Crippen molar-refractivity contribution < 1.29 is 0 Å². The molecule has 7 heteroatoms. The molecule has 1 fully saturated rings. The van der Waals surface area contributed by atoms with Gasteiger partial charge in [-0.05, 0) is 64.5 Å². The Morgan fingerprint density at radius 3 is 2.41 bits per heavy atom. The molecule has 0 atom stereocenters. The van der Waals surface area contributed by atoms with Crippen LogP contribution in [0.25, 0.3) is 0 Å². The topological polar surface area (TPSA) is 73.5 Å². The van der Waals surface area contributed by atoms with E-state index >= 15 is 0 Å². The first kappa shape index (κ1) is 24.3. The molecule has 1 aromatic carbocycles. The zero-order valence-electron chi connectivity index (χ0n) is 20.4. The molecule has 1 aliphatic rings. The van der Waals surface area contributed by atoms with Crippen molar-refractivity contribution in [3.63, 3.8) is 0 Å². The van der Waals surface area contributed by atoms with Gasteiger partial charge in [0.2, 0.25) is 5.95 Å². The van der Waals surface area contributed by atoms with Crippen molar-refractivity contribution in [1.82, 2.24) is 19.8 Å². The summed E-state index contributed by atoms with van der Waals surface area (Å²) in [7, 11) is 4.22. The molecule has 0 aliphatic carbocycles. The third-order valence-electron chi connectivity index (χ3n) is 6.13. The third-order valence-corrected chi connectivity index (χ3v) is 6.13. The molecule has 1 aliphatic heterocycles. The van der Waals surface area contributed by atoms with Gasteiger partial charge in [-0.2, -0.15) is 4.98 Å². The number of nitrogens with zero attached hydrogens (tertiary/aromatic N) is 5. The Kier molecular flexibility index (Phi) is 9.11. The van der Waals surface area contributed by atoms with Crippen molar-refractivity contribution in [2.24, 2.45) is 0 Å². The first-order valence-electron chi connectivity index (χ1n) is 12.0. The highest BCUT2D eigenvalue weighted by molar-refractivity contribution is 5.50. The van der Waals surface area contributed by atoms with Gasteiger partial charge < -0.3 is 20.9 Å². The molecule has 0 unspecified atom stereocenters. The zero-order valence-corrected chi connectivity index (χ0v) is 20.4. The number of aryl methyl sites for hydroxylation is 1. The van der Waals surface area contributed by atoms with Gasteiger partial charge in [0.15, 0.2) is 0 Å². The molecular weight excluding hydrogens is 398 g/mol. The summed E-state index contributed by atoms with van der Waals surface area (Å²) < 4.78 is 0. The van der Waals surface area contributed by atoms with Crippen molar-refractivity contribution >= 4 is 17.5 Å². The summed E-state index contributed by atoms with van der Waals surface area (Å²) in [6, 6.07) is 9.05. The highest BCUT2D eigenvalue weighted by Gasteiger charge is 2.18. The summed E-state index contributed by atoms with van der Waals surface area (Å²) in [4.78, 5) is 16.2. The van der Waals surface area contributed by atoms with E-state index in [1.807, 2.05) is 6.92 Å². The van der Waals surface area contributed by atoms with Gasteiger partial charge in [0, 0.05) is 56.2 Å². The summed E-state index contributed by atoms with van der Waals surface area (Å²) >= 11 is 0. The molecule has 7 nitrogen and oxygen atoms in total. The molecule has 3 rings (SSSR count). The van der Waals surface area contributed by atoms with Crippen LogP contribution in [0.5, 0.6) is 0 Å². The summed E-state index contributed by atoms with van der Waals surface area (Å²) in [6.45, 7) is 11.6. The summed E-state index contributed by atoms with van der Waals surface area (Å²) in [5.74, 6) is 1.28. The predicted molar refractivity (Wildman–Crippen MR) is 135 cm³/mol. The average molecular weight is 440 g/mol. The predicted octanol–water partition coefficient (Wildman–Crippen LogP) is 3.40. The monoisotopic (exact) mass is 439 g/mol. The Labute approximate surface area is 194 Å². The second-order valence-corrected chi connectivity index (χ2v) is 9.11. The molecular formula is C25H41N7. The third kappa shape index (κ3) is 7.07. The summed E-state index contributed by atoms with van der Waals surface area (Å²) in [5.41, 5.74) is 10.8. The standard InChI is InChI=1S/C25H41N7/c1-5-6-13-27-24-23(20(2)28-25(26)29-24)8-7-14-31-15-17-32(18-16-31)22-11-9-21(10-12-22)19-30(3)4/h9-12H,5-8,13-19H2,1-4H3,(H3,26,27,28,29). The van der Waals surface area contributed by atoms with E-state index in [1.54, 1.807) is 0 Å². The normalized spacial score (nSPS) is 14.8. The van der Waals surface area contributed by atoms with Gasteiger partial charge in [0.05, 0.1) is 0 Å². The Morgan fingerprint density at radius 2 is 1.75 bits per heavy atom. The van der Waals surface area contributed by atoms with Crippen LogP contribution in [-0.4, -0.2) is 73.1 Å². The van der Waals surface area contributed by atoms with Crippen molar-refractivity contribution in [2.45, 2.75) is 46.1 Å². The van der Waals surface area contributed by atoms with Gasteiger partial charge in [-0.3, -0.25) is 4.90 Å². The first-order chi connectivity index (χ1) is 15.5. The SMILES string of the molecule is CCCCNc1nc(N)nc(C)c1CCCN1CCN(c2ccc(CN(C)C)cc2)CC1. The van der Waals surface area contributed by atoms with Gasteiger partial charge in [0.25, 0.3) is 0 Å². The number of hydrogen-bond donors (Lipinski definition) is 2. The van der Waals surface area contributed by atoms with Gasteiger partial charge in [-0.15, -0.1) is 0 Å². The van der Waals surface area contributed by atoms with Crippen molar-refractivity contribution in [3.05, 3.63) is 41.1 Å². The lowest BCUT2D eigenvalue weighted by atomic mass is 10.1. The fourth-order valence-corrected chi connectivity index (χ4v) is 4.33. The van der Waals surface area contributed by atoms with Crippen LogP contribution in [0, 0.1) is 6.92 Å². The molecule has 0 bridgehead atoms. The molecule has 0 spiro atoms. The molecule has 2 aromatic rings. The van der Waals surface area contributed by atoms with Gasteiger partial charge in [-0.1, -0.05) is 25.5 Å². The quantitative estimate of drug-likeness (QED) is 0.520. The molecule has 176 valence electrons. The molecule has 2 heterocycles. The van der Waals surface area contributed by atoms with E-state index in [2.05, 4.69) is 75.3 Å². The van der Waals surface area contributed by atoms with Crippen molar-refractivity contribution in [3.8, 4) is 0 Å². The van der Waals surface area contributed by atoms with Gasteiger partial charge in [0.1, 0.15) is 5.82 Å². The number of benzene rings is 1. The second-order valence-electron chi connectivity index (χ2n) is 9.11. The van der Waals surface area contributed by atoms with Crippen LogP contribution in [0.4, 0.5) is 17.5 Å². The van der Waals surface area contributed by atoms with Crippen LogP contribution in [0.15, 0.2) is 24.3 Å². The Bertz CT molecular complexity index is 827. The smallest absolute Gasteiger partial charge is 0.222 e. The molecule has 3 N–H and O–H groups in total. The summed E-state index contributed by atoms with van der Waals surface area (Å²) in [5, 5.41) is 3.47. The van der Waals surface area contributed by atoms with Crippen LogP contribution in [0.2, 0.25) is 0 Å². The largest absolute Gasteiger partial charge is 0.370 e. The van der Waals surface area contributed by atoms with E-state index in [0.29, 0.717) is 5.95 Å². The minimum absolute atomic E-state index is 0.358. The number of anilines is 3. The number of unbranched alkanes of at least 4 members (excludes halogenated alkanes) is 1. The average Bonchev–Trinajstić information content (AvgIpc) is 2.76. The number of hydrogen-bond acceptors (Lipinski definition) is 7. The van der Waals surface area contributed by atoms with E-state index in [1.165, 1.54) is 16.8 Å². The van der Waals surface area contributed by atoms with Crippen LogP contribution in [0.1, 0.15) is 43.0 Å². The van der Waals surface area contributed by atoms with Gasteiger partial charge in [-0.25, -0.2) is 4.98 Å². The lowest BCUT2D eigenvalue weighted by Gasteiger charge is -2.36. The second kappa shape index (κ2) is 12.0. The fraction of sp³-hybridized carbons (Fsp3) is 0.600. The number of nitrogens with two attached hydrogens (primary N) is 1. The maximum absolute atomic E-state index is 5.89. The Hall–Kier alpha value is -2.38. The van der Waals surface area contributed by atoms with Crippen molar-refractivity contribution in [2.75, 3.05) is 69.3 Å². The van der Waals surface area contributed by atoms with E-state index in [9.17, 15) is 0 Å². The zero-order chi connectivity index (χ0) is 22.9. The Morgan fingerprint density at radius 1 is 1.03 bits per heavy atom. The molecule has 32 heavy (non-hydrogen) atoms. The number of nitrogens with one attached hydrogen (secondary N) is 1. The van der Waals surface area contributed by atoms with E-state index in [4.69, 9.17) is 5.73 Å². The highest BCUT2D eigenvalue weighted by atomic mass is 15.3. The minimum atomic E-state index is 0.358. The van der Waals surface area contributed by atoms with E-state index < -0.39 is 0 Å². The highest BCUT2D eigenvalue weighted by Crippen LogP contribution is 2.21. The maximum atomic E-state index is 5.89. The molecule has 1 saturated heterocycles. The molecule has 0 radical (unpaired) electrons. The fourth-order valence-electron chi connectivity index (χ4n) is 4.33. The lowest BCUT2D eigenvalue weighted by Crippen LogP contribution is -2.46. The van der Waals surface area contributed by atoms with Crippen LogP contribution >= 0.6 is 0 Å². The van der Waals surface area contributed by atoms with Crippen LogP contribution in [0.3, 0.4) is 0 Å². The Balaban J connectivity index is 1.46. The number of piperazine rings is 1. The first-order valence-corrected chi connectivity index (χ1v) is 12.0. The van der Waals surface area contributed by atoms with E-state index in [0.717, 1.165) is 83.0 Å². The molecule has 1 aromatic heterocycles. The maximum Gasteiger partial charge on any atom is 0.222 e. The van der Waals surface area contributed by atoms with Crippen LogP contribution < -0.4 is 16.0 Å². The lowest BCUT2D eigenvalue weighted by molar-refractivity contribution is 0.255. The van der Waals surface area contributed by atoms with Crippen molar-refractivity contribution in [1.29, 1.82) is 0 Å². The van der Waals surface area contributed by atoms with Gasteiger partial charge >= 0.3 is 0 Å². The number of nitrogen functional groups attached to an aromatic ring is 1. The number of aromatic nitrogens is 2. The molecule has 0 saturated carbocycles.